The van der Waals surface area contributed by atoms with E-state index in [1.54, 1.807) is 0 Å². The Balaban J connectivity index is 2.21. The van der Waals surface area contributed by atoms with Crippen LogP contribution in [0.25, 0.3) is 11.0 Å². The van der Waals surface area contributed by atoms with Crippen molar-refractivity contribution in [3.8, 4) is 6.07 Å². The Kier molecular flexibility index (Phi) is 2.34. The highest BCUT2D eigenvalue weighted by atomic mass is 16.5. The molecule has 0 aliphatic carbocycles. The van der Waals surface area contributed by atoms with Crippen LogP contribution in [0.4, 0.5) is 0 Å². The van der Waals surface area contributed by atoms with Gasteiger partial charge in [0.05, 0.1) is 17.7 Å². The molecule has 2 heterocycles. The highest BCUT2D eigenvalue weighted by Gasteiger charge is 2.23. The quantitative estimate of drug-likeness (QED) is 0.748. The minimum atomic E-state index is 0.360. The summed E-state index contributed by atoms with van der Waals surface area (Å²) in [5, 5.41) is 9.08. The second kappa shape index (κ2) is 3.86. The predicted molar refractivity (Wildman–Crippen MR) is 63.6 cm³/mol. The molecule has 0 radical (unpaired) electrons. The number of ether oxygens (including phenoxy) is 1. The average Bonchev–Trinajstić information content (AvgIpc) is 2.97. The third-order valence-electron chi connectivity index (χ3n) is 3.36. The standard InChI is InChI=1S/C13H13N3O/c1-16-11-4-2-3-9(7-14)12(11)15-13(16)10-5-6-17-8-10/h2-4,10H,5-6,8H2,1H3. The van der Waals surface area contributed by atoms with Gasteiger partial charge in [-0.25, -0.2) is 4.98 Å². The Morgan fingerprint density at radius 1 is 1.53 bits per heavy atom. The number of fused-ring (bicyclic) bond motifs is 1. The maximum Gasteiger partial charge on any atom is 0.115 e. The number of hydrogen-bond donors (Lipinski definition) is 0. The number of nitriles is 1. The minimum absolute atomic E-state index is 0.360. The van der Waals surface area contributed by atoms with Crippen molar-refractivity contribution in [2.24, 2.45) is 7.05 Å². The van der Waals surface area contributed by atoms with E-state index in [2.05, 4.69) is 15.6 Å². The van der Waals surface area contributed by atoms with Crippen molar-refractivity contribution in [1.82, 2.24) is 9.55 Å². The van der Waals surface area contributed by atoms with Crippen LogP contribution in [0.5, 0.6) is 0 Å². The molecular weight excluding hydrogens is 214 g/mol. The molecule has 0 N–H and O–H groups in total. The lowest BCUT2D eigenvalue weighted by Crippen LogP contribution is -2.05. The molecule has 1 aromatic carbocycles. The van der Waals surface area contributed by atoms with Gasteiger partial charge in [0, 0.05) is 19.6 Å². The Labute approximate surface area is 99.4 Å². The minimum Gasteiger partial charge on any atom is -0.381 e. The fourth-order valence-corrected chi connectivity index (χ4v) is 2.43. The van der Waals surface area contributed by atoms with Crippen molar-refractivity contribution in [2.45, 2.75) is 12.3 Å². The number of benzene rings is 1. The van der Waals surface area contributed by atoms with Gasteiger partial charge in [-0.2, -0.15) is 5.26 Å². The van der Waals surface area contributed by atoms with Crippen molar-refractivity contribution in [1.29, 1.82) is 5.26 Å². The van der Waals surface area contributed by atoms with Gasteiger partial charge in [-0.1, -0.05) is 6.07 Å². The van der Waals surface area contributed by atoms with Gasteiger partial charge in [0.1, 0.15) is 17.4 Å². The zero-order chi connectivity index (χ0) is 11.8. The van der Waals surface area contributed by atoms with Crippen LogP contribution in [-0.2, 0) is 11.8 Å². The van der Waals surface area contributed by atoms with Gasteiger partial charge in [-0.3, -0.25) is 0 Å². The first-order valence-corrected chi connectivity index (χ1v) is 5.74. The Morgan fingerprint density at radius 3 is 3.12 bits per heavy atom. The molecule has 1 atom stereocenters. The van der Waals surface area contributed by atoms with Crippen LogP contribution in [0.1, 0.15) is 23.7 Å². The normalized spacial score (nSPS) is 19.6. The third-order valence-corrected chi connectivity index (χ3v) is 3.36. The number of aromatic nitrogens is 2. The van der Waals surface area contributed by atoms with Crippen LogP contribution in [0, 0.1) is 11.3 Å². The highest BCUT2D eigenvalue weighted by molar-refractivity contribution is 5.82. The molecule has 4 nitrogen and oxygen atoms in total. The lowest BCUT2D eigenvalue weighted by Gasteiger charge is -2.06. The predicted octanol–water partition coefficient (Wildman–Crippen LogP) is 1.95. The van der Waals surface area contributed by atoms with E-state index in [0.29, 0.717) is 11.5 Å². The Morgan fingerprint density at radius 2 is 2.41 bits per heavy atom. The number of hydrogen-bond acceptors (Lipinski definition) is 3. The molecule has 0 spiro atoms. The maximum atomic E-state index is 9.08. The fraction of sp³-hybridized carbons (Fsp3) is 0.385. The molecule has 0 saturated carbocycles. The van der Waals surface area contributed by atoms with Crippen molar-refractivity contribution < 1.29 is 4.74 Å². The second-order valence-corrected chi connectivity index (χ2v) is 4.37. The topological polar surface area (TPSA) is 50.8 Å². The van der Waals surface area contributed by atoms with Crippen molar-refractivity contribution in [3.63, 3.8) is 0 Å². The summed E-state index contributed by atoms with van der Waals surface area (Å²) in [5.41, 5.74) is 2.47. The smallest absolute Gasteiger partial charge is 0.115 e. The summed E-state index contributed by atoms with van der Waals surface area (Å²) in [6, 6.07) is 7.91. The summed E-state index contributed by atoms with van der Waals surface area (Å²) in [7, 11) is 2.00. The van der Waals surface area contributed by atoms with Gasteiger partial charge in [-0.05, 0) is 18.6 Å². The van der Waals surface area contributed by atoms with Crippen LogP contribution < -0.4 is 0 Å². The van der Waals surface area contributed by atoms with Crippen LogP contribution in [-0.4, -0.2) is 22.8 Å². The van der Waals surface area contributed by atoms with Crippen molar-refractivity contribution in [3.05, 3.63) is 29.6 Å². The SMILES string of the molecule is Cn1c(C2CCOC2)nc2c(C#N)cccc21. The third kappa shape index (κ3) is 1.51. The molecule has 2 aromatic rings. The lowest BCUT2D eigenvalue weighted by molar-refractivity contribution is 0.193. The first kappa shape index (κ1) is 10.3. The molecule has 86 valence electrons. The monoisotopic (exact) mass is 227 g/mol. The van der Waals surface area contributed by atoms with Gasteiger partial charge < -0.3 is 9.30 Å². The summed E-state index contributed by atoms with van der Waals surface area (Å²) in [6.07, 6.45) is 1.01. The molecule has 0 bridgehead atoms. The summed E-state index contributed by atoms with van der Waals surface area (Å²) in [5.74, 6) is 1.39. The zero-order valence-corrected chi connectivity index (χ0v) is 9.68. The van der Waals surface area contributed by atoms with E-state index in [4.69, 9.17) is 10.00 Å². The molecular formula is C13H13N3O. The van der Waals surface area contributed by atoms with Gasteiger partial charge in [0.2, 0.25) is 0 Å². The highest BCUT2D eigenvalue weighted by Crippen LogP contribution is 2.28. The molecule has 1 aromatic heterocycles. The zero-order valence-electron chi connectivity index (χ0n) is 9.68. The largest absolute Gasteiger partial charge is 0.381 e. The van der Waals surface area contributed by atoms with Gasteiger partial charge in [0.15, 0.2) is 0 Å². The fourth-order valence-electron chi connectivity index (χ4n) is 2.43. The summed E-state index contributed by atoms with van der Waals surface area (Å²) >= 11 is 0. The molecule has 4 heteroatoms. The Bertz CT molecular complexity index is 603. The van der Waals surface area contributed by atoms with E-state index in [1.807, 2.05) is 25.2 Å². The number of para-hydroxylation sites is 1. The molecule has 3 rings (SSSR count). The first-order valence-electron chi connectivity index (χ1n) is 5.74. The summed E-state index contributed by atoms with van der Waals surface area (Å²) < 4.78 is 7.48. The van der Waals surface area contributed by atoms with Crippen molar-refractivity contribution in [2.75, 3.05) is 13.2 Å². The van der Waals surface area contributed by atoms with Crippen LogP contribution >= 0.6 is 0 Å². The Hall–Kier alpha value is -1.86. The average molecular weight is 227 g/mol. The number of imidazole rings is 1. The van der Waals surface area contributed by atoms with Gasteiger partial charge >= 0.3 is 0 Å². The molecule has 1 unspecified atom stereocenters. The van der Waals surface area contributed by atoms with Gasteiger partial charge in [0.25, 0.3) is 0 Å². The maximum absolute atomic E-state index is 9.08. The van der Waals surface area contributed by atoms with Crippen LogP contribution in [0.15, 0.2) is 18.2 Å². The summed E-state index contributed by atoms with van der Waals surface area (Å²) in [4.78, 5) is 4.63. The number of aryl methyl sites for hydroxylation is 1. The van der Waals surface area contributed by atoms with E-state index < -0.39 is 0 Å². The van der Waals surface area contributed by atoms with Crippen LogP contribution in [0.3, 0.4) is 0 Å². The molecule has 1 saturated heterocycles. The van der Waals surface area contributed by atoms with Crippen molar-refractivity contribution >= 4 is 11.0 Å². The first-order chi connectivity index (χ1) is 8.31. The summed E-state index contributed by atoms with van der Waals surface area (Å²) in [6.45, 7) is 1.54. The van der Waals surface area contributed by atoms with E-state index in [1.165, 1.54) is 0 Å². The molecule has 1 aliphatic rings. The van der Waals surface area contributed by atoms with E-state index in [9.17, 15) is 0 Å². The van der Waals surface area contributed by atoms with Gasteiger partial charge in [-0.15, -0.1) is 0 Å². The van der Waals surface area contributed by atoms with E-state index >= 15 is 0 Å². The molecule has 1 fully saturated rings. The van der Waals surface area contributed by atoms with E-state index in [-0.39, 0.29) is 0 Å². The number of nitrogens with zero attached hydrogens (tertiary/aromatic N) is 3. The molecule has 1 aliphatic heterocycles. The molecule has 17 heavy (non-hydrogen) atoms. The van der Waals surface area contributed by atoms with Crippen LogP contribution in [0.2, 0.25) is 0 Å². The lowest BCUT2D eigenvalue weighted by atomic mass is 10.1. The van der Waals surface area contributed by atoms with E-state index in [0.717, 1.165) is 36.5 Å². The second-order valence-electron chi connectivity index (χ2n) is 4.37. The number of rotatable bonds is 1. The molecule has 0 amide bonds.